The van der Waals surface area contributed by atoms with Crippen LogP contribution in [-0.2, 0) is 17.3 Å². The van der Waals surface area contributed by atoms with Gasteiger partial charge in [-0.2, -0.15) is 0 Å². The van der Waals surface area contributed by atoms with Crippen LogP contribution in [0.4, 0.5) is 0 Å². The quantitative estimate of drug-likeness (QED) is 0.133. The first kappa shape index (κ1) is 49.3. The minimum absolute atomic E-state index is 0.130. The van der Waals surface area contributed by atoms with Crippen molar-refractivity contribution in [3.8, 4) is 89.7 Å². The van der Waals surface area contributed by atoms with Gasteiger partial charge in [0.05, 0.1) is 28.0 Å². The second-order valence-corrected chi connectivity index (χ2v) is 22.7. The lowest BCUT2D eigenvalue weighted by atomic mass is 9.78. The van der Waals surface area contributed by atoms with Gasteiger partial charge in [-0.1, -0.05) is 236 Å². The van der Waals surface area contributed by atoms with E-state index in [-0.39, 0.29) is 16.6 Å². The minimum Gasteiger partial charge on any atom is -0.507 e. The van der Waals surface area contributed by atoms with Gasteiger partial charge in [-0.05, 0) is 127 Å². The molecule has 1 aliphatic carbocycles. The Bertz CT molecular complexity index is 3900. The average molecular weight is 1000 g/mol. The summed E-state index contributed by atoms with van der Waals surface area (Å²) >= 11 is 0. The monoisotopic (exact) mass is 1000 g/mol. The fourth-order valence-electron chi connectivity index (χ4n) is 11.8. The highest BCUT2D eigenvalue weighted by Gasteiger charge is 2.27. The second kappa shape index (κ2) is 20.5. The molecule has 2 heterocycles. The highest BCUT2D eigenvalue weighted by molar-refractivity contribution is 5.99. The maximum Gasteiger partial charge on any atom is 0.149 e. The number of hydrogen-bond acceptors (Lipinski definition) is 3. The first-order valence-electron chi connectivity index (χ1n) is 27.4. The van der Waals surface area contributed by atoms with Gasteiger partial charge in [-0.3, -0.25) is 9.55 Å². The van der Waals surface area contributed by atoms with Crippen LogP contribution in [0, 0.1) is 5.92 Å². The van der Waals surface area contributed by atoms with Gasteiger partial charge in [0.2, 0.25) is 0 Å². The van der Waals surface area contributed by atoms with Crippen molar-refractivity contribution in [2.75, 3.05) is 0 Å². The van der Waals surface area contributed by atoms with Crippen LogP contribution >= 0.6 is 0 Å². The van der Waals surface area contributed by atoms with E-state index in [1.54, 1.807) is 0 Å². The molecule has 2 aromatic heterocycles. The number of aromatic nitrogens is 3. The third-order valence-electron chi connectivity index (χ3n) is 16.3. The lowest BCUT2D eigenvalue weighted by molar-refractivity contribution is 0.479. The molecule has 4 nitrogen and oxygen atoms in total. The zero-order valence-corrected chi connectivity index (χ0v) is 44.8. The third kappa shape index (κ3) is 9.70. The van der Waals surface area contributed by atoms with E-state index in [4.69, 9.17) is 9.97 Å². The molecule has 0 radical (unpaired) electrons. The molecule has 77 heavy (non-hydrogen) atoms. The smallest absolute Gasteiger partial charge is 0.149 e. The van der Waals surface area contributed by atoms with Gasteiger partial charge in [-0.15, -0.1) is 0 Å². The highest BCUT2D eigenvalue weighted by atomic mass is 16.3. The zero-order chi connectivity index (χ0) is 52.7. The summed E-state index contributed by atoms with van der Waals surface area (Å²) in [6.07, 6.45) is 8.19. The largest absolute Gasteiger partial charge is 0.507 e. The molecule has 11 aromatic rings. The maximum atomic E-state index is 12.9. The standard InChI is InChI=1S/C73H65N3O/c1-72(2,3)59-46-55(45-56(47-59)66-48-54(41-42-74-66)51-36-38-58(39-37-51)73(4,5)57-27-13-8-14-28-57)61-31-20-34-68-69(61)75-71(64-33-19-32-63(70(64)77)62-30-18-17-29-60(62)52-23-9-6-10-24-52)76(68)67-40-35-50(43-49-21-15-16-22-49)44-65(67)53-25-11-7-12-26-53/h6-14,17-20,23-42,44-49,77H,15-16,21-22,43H2,1-5H3. The molecule has 0 unspecified atom stereocenters. The van der Waals surface area contributed by atoms with Crippen molar-refractivity contribution >= 4 is 11.0 Å². The Labute approximate surface area is 454 Å². The maximum absolute atomic E-state index is 12.9. The summed E-state index contributed by atoms with van der Waals surface area (Å²) < 4.78 is 2.30. The average Bonchev–Trinajstić information content (AvgIpc) is 4.15. The first-order valence-corrected chi connectivity index (χ1v) is 27.4. The van der Waals surface area contributed by atoms with Crippen LogP contribution in [0.2, 0.25) is 0 Å². The van der Waals surface area contributed by atoms with Crippen molar-refractivity contribution in [2.45, 2.75) is 77.6 Å². The molecule has 12 rings (SSSR count). The fourth-order valence-corrected chi connectivity index (χ4v) is 11.8. The summed E-state index contributed by atoms with van der Waals surface area (Å²) in [7, 11) is 0. The van der Waals surface area contributed by atoms with E-state index < -0.39 is 0 Å². The molecule has 1 aliphatic rings. The summed E-state index contributed by atoms with van der Waals surface area (Å²) in [5.74, 6) is 1.56. The molecule has 0 spiro atoms. The molecular weight excluding hydrogens is 935 g/mol. The number of benzene rings is 9. The Morgan fingerprint density at radius 3 is 1.77 bits per heavy atom. The number of para-hydroxylation sites is 2. The van der Waals surface area contributed by atoms with Crippen molar-refractivity contribution in [2.24, 2.45) is 5.92 Å². The first-order chi connectivity index (χ1) is 37.5. The van der Waals surface area contributed by atoms with Gasteiger partial charge in [0.1, 0.15) is 11.6 Å². The Balaban J connectivity index is 1.03. The SMILES string of the molecule is CC(C)(C)c1cc(-c2cc(-c3ccc(C(C)(C)c4ccccc4)cc3)ccn2)cc(-c2cccc3c2nc(-c2cccc(-c4ccccc4-c4ccccc4)c2O)n3-c2ccc(CC3CCCC3)cc2-c2ccccc2)c1. The number of aromatic hydroxyl groups is 1. The fraction of sp³-hybridized carbons (Fsp3) is 0.178. The molecule has 378 valence electrons. The van der Waals surface area contributed by atoms with E-state index in [1.165, 1.54) is 47.9 Å². The van der Waals surface area contributed by atoms with Gasteiger partial charge < -0.3 is 5.11 Å². The second-order valence-electron chi connectivity index (χ2n) is 22.7. The Morgan fingerprint density at radius 2 is 1.05 bits per heavy atom. The van der Waals surface area contributed by atoms with E-state index in [9.17, 15) is 5.11 Å². The van der Waals surface area contributed by atoms with Crippen LogP contribution in [0.5, 0.6) is 5.75 Å². The van der Waals surface area contributed by atoms with E-state index in [2.05, 4.69) is 239 Å². The van der Waals surface area contributed by atoms with Gasteiger partial charge >= 0.3 is 0 Å². The predicted molar refractivity (Wildman–Crippen MR) is 322 cm³/mol. The van der Waals surface area contributed by atoms with Crippen molar-refractivity contribution in [3.05, 3.63) is 253 Å². The van der Waals surface area contributed by atoms with E-state index in [0.717, 1.165) is 90.0 Å². The van der Waals surface area contributed by atoms with Crippen molar-refractivity contribution in [1.29, 1.82) is 0 Å². The molecule has 9 aromatic carbocycles. The lowest BCUT2D eigenvalue weighted by Crippen LogP contribution is -2.18. The van der Waals surface area contributed by atoms with E-state index in [1.807, 2.05) is 30.5 Å². The van der Waals surface area contributed by atoms with Crippen LogP contribution in [-0.4, -0.2) is 19.6 Å². The van der Waals surface area contributed by atoms with Crippen LogP contribution in [0.15, 0.2) is 231 Å². The van der Waals surface area contributed by atoms with Gasteiger partial charge in [0.25, 0.3) is 0 Å². The molecule has 0 aliphatic heterocycles. The third-order valence-corrected chi connectivity index (χ3v) is 16.3. The summed E-state index contributed by atoms with van der Waals surface area (Å²) in [6, 6.07) is 80.2. The molecule has 0 atom stereocenters. The molecular formula is C73H65N3O. The summed E-state index contributed by atoms with van der Waals surface area (Å²) in [4.78, 5) is 10.8. The molecule has 1 N–H and O–H groups in total. The Hall–Kier alpha value is -8.60. The normalized spacial score (nSPS) is 13.1. The lowest BCUT2D eigenvalue weighted by Gasteiger charge is -2.26. The Kier molecular flexibility index (Phi) is 13.1. The highest BCUT2D eigenvalue weighted by Crippen LogP contribution is 2.46. The van der Waals surface area contributed by atoms with Crippen molar-refractivity contribution in [1.82, 2.24) is 14.5 Å². The number of imidazole rings is 1. The summed E-state index contributed by atoms with van der Waals surface area (Å²) in [5.41, 5.74) is 20.7. The number of hydrogen-bond donors (Lipinski definition) is 1. The zero-order valence-electron chi connectivity index (χ0n) is 44.8. The molecule has 1 fully saturated rings. The van der Waals surface area contributed by atoms with Crippen molar-refractivity contribution < 1.29 is 5.11 Å². The van der Waals surface area contributed by atoms with Crippen LogP contribution < -0.4 is 0 Å². The minimum atomic E-state index is -0.171. The summed E-state index contributed by atoms with van der Waals surface area (Å²) in [6.45, 7) is 11.4. The van der Waals surface area contributed by atoms with E-state index in [0.29, 0.717) is 17.3 Å². The number of rotatable bonds is 12. The van der Waals surface area contributed by atoms with Crippen molar-refractivity contribution in [3.63, 3.8) is 0 Å². The van der Waals surface area contributed by atoms with Gasteiger partial charge in [0.15, 0.2) is 0 Å². The molecule has 0 saturated heterocycles. The van der Waals surface area contributed by atoms with Crippen LogP contribution in [0.3, 0.4) is 0 Å². The molecule has 1 saturated carbocycles. The number of phenols is 1. The molecule has 0 bridgehead atoms. The summed E-state index contributed by atoms with van der Waals surface area (Å²) in [5, 5.41) is 12.9. The topological polar surface area (TPSA) is 50.9 Å². The molecule has 0 amide bonds. The van der Waals surface area contributed by atoms with E-state index >= 15 is 0 Å². The Morgan fingerprint density at radius 1 is 0.455 bits per heavy atom. The number of fused-ring (bicyclic) bond motifs is 1. The van der Waals surface area contributed by atoms with Crippen LogP contribution in [0.1, 0.15) is 82.6 Å². The predicted octanol–water partition coefficient (Wildman–Crippen LogP) is 19.2. The van der Waals surface area contributed by atoms with Gasteiger partial charge in [-0.25, -0.2) is 4.98 Å². The van der Waals surface area contributed by atoms with Gasteiger partial charge in [0, 0.05) is 33.9 Å². The van der Waals surface area contributed by atoms with Crippen LogP contribution in [0.25, 0.3) is 95.0 Å². The number of nitrogens with zero attached hydrogens (tertiary/aromatic N) is 3. The molecule has 4 heteroatoms. The number of phenolic OH excluding ortho intramolecular Hbond substituents is 1. The number of pyridine rings is 1.